The summed E-state index contributed by atoms with van der Waals surface area (Å²) in [4.78, 5) is 13.5. The predicted octanol–water partition coefficient (Wildman–Crippen LogP) is 2.51. The average molecular weight is 359 g/mol. The molecule has 1 aliphatic heterocycles. The van der Waals surface area contributed by atoms with Crippen molar-refractivity contribution in [3.63, 3.8) is 0 Å². The molecule has 3 N–H and O–H groups in total. The molecule has 0 bridgehead atoms. The Labute approximate surface area is 158 Å². The number of ether oxygens (including phenoxy) is 1. The number of carbonyl (C=O) groups is 1. The summed E-state index contributed by atoms with van der Waals surface area (Å²) in [6, 6.07) is 15.0. The maximum Gasteiger partial charge on any atom is 0.176 e. The standard InChI is InChI=1S/C23H21NO3/c1-15(24)19-12-18-9-5-8-17(10-11-23(26)13-27-14-23)20(18)22(25)21(19)16-6-3-2-4-7-16/h2-9,12,15,21,26H,13-14,24H2,1H3. The van der Waals surface area contributed by atoms with Gasteiger partial charge in [-0.25, -0.2) is 0 Å². The van der Waals surface area contributed by atoms with Crippen molar-refractivity contribution in [2.24, 2.45) is 5.73 Å². The number of Topliss-reactive ketones (excluding diaryl/α,β-unsaturated/α-hetero) is 1. The normalized spacial score (nSPS) is 21.2. The fraction of sp³-hybridized carbons (Fsp3) is 0.261. The molecule has 0 amide bonds. The Kier molecular flexibility index (Phi) is 4.45. The molecule has 4 rings (SSSR count). The fourth-order valence-corrected chi connectivity index (χ4v) is 3.56. The number of ketones is 1. The van der Waals surface area contributed by atoms with Crippen molar-refractivity contribution < 1.29 is 14.6 Å². The van der Waals surface area contributed by atoms with Gasteiger partial charge in [-0.3, -0.25) is 4.79 Å². The molecule has 4 nitrogen and oxygen atoms in total. The third-order valence-electron chi connectivity index (χ3n) is 5.03. The highest BCUT2D eigenvalue weighted by Gasteiger charge is 2.35. The summed E-state index contributed by atoms with van der Waals surface area (Å²) < 4.78 is 5.03. The van der Waals surface area contributed by atoms with Gasteiger partial charge in [0, 0.05) is 17.2 Å². The lowest BCUT2D eigenvalue weighted by molar-refractivity contribution is -0.140. The highest BCUT2D eigenvalue weighted by Crippen LogP contribution is 2.38. The molecule has 2 aromatic carbocycles. The molecule has 0 aromatic heterocycles. The highest BCUT2D eigenvalue weighted by atomic mass is 16.5. The van der Waals surface area contributed by atoms with Crippen molar-refractivity contribution in [1.82, 2.24) is 0 Å². The van der Waals surface area contributed by atoms with Gasteiger partial charge in [-0.1, -0.05) is 60.4 Å². The van der Waals surface area contributed by atoms with E-state index in [0.717, 1.165) is 16.7 Å². The molecule has 136 valence electrons. The summed E-state index contributed by atoms with van der Waals surface area (Å²) in [5.74, 6) is 5.43. The molecular formula is C23H21NO3. The molecule has 1 saturated heterocycles. The van der Waals surface area contributed by atoms with Crippen LogP contribution in [0, 0.1) is 11.8 Å². The Bertz CT molecular complexity index is 976. The molecule has 2 atom stereocenters. The number of aliphatic hydroxyl groups is 1. The first-order valence-corrected chi connectivity index (χ1v) is 9.01. The van der Waals surface area contributed by atoms with Crippen molar-refractivity contribution in [3.8, 4) is 11.8 Å². The van der Waals surface area contributed by atoms with Crippen LogP contribution in [0.2, 0.25) is 0 Å². The summed E-state index contributed by atoms with van der Waals surface area (Å²) in [5.41, 5.74) is 8.94. The third-order valence-corrected chi connectivity index (χ3v) is 5.03. The van der Waals surface area contributed by atoms with Gasteiger partial charge in [0.15, 0.2) is 11.4 Å². The summed E-state index contributed by atoms with van der Waals surface area (Å²) in [6.45, 7) is 2.30. The Morgan fingerprint density at radius 2 is 1.93 bits per heavy atom. The quantitative estimate of drug-likeness (QED) is 0.808. The Balaban J connectivity index is 1.84. The summed E-state index contributed by atoms with van der Waals surface area (Å²) in [5, 5.41) is 10.2. The zero-order valence-corrected chi connectivity index (χ0v) is 15.1. The second-order valence-electron chi connectivity index (χ2n) is 7.19. The largest absolute Gasteiger partial charge is 0.373 e. The lowest BCUT2D eigenvalue weighted by Gasteiger charge is -2.31. The molecule has 2 unspecified atom stereocenters. The van der Waals surface area contributed by atoms with Crippen LogP contribution in [-0.4, -0.2) is 35.7 Å². The summed E-state index contributed by atoms with van der Waals surface area (Å²) in [6.07, 6.45) is 2.01. The number of rotatable bonds is 2. The van der Waals surface area contributed by atoms with E-state index in [0.29, 0.717) is 11.1 Å². The van der Waals surface area contributed by atoms with Gasteiger partial charge in [0.2, 0.25) is 0 Å². The molecule has 4 heteroatoms. The van der Waals surface area contributed by atoms with Crippen molar-refractivity contribution in [2.75, 3.05) is 13.2 Å². The van der Waals surface area contributed by atoms with Gasteiger partial charge in [0.1, 0.15) is 0 Å². The molecule has 1 fully saturated rings. The van der Waals surface area contributed by atoms with Crippen LogP contribution in [-0.2, 0) is 4.74 Å². The van der Waals surface area contributed by atoms with E-state index in [1.165, 1.54) is 0 Å². The maximum absolute atomic E-state index is 13.5. The van der Waals surface area contributed by atoms with Gasteiger partial charge in [-0.05, 0) is 29.7 Å². The Morgan fingerprint density at radius 3 is 2.56 bits per heavy atom. The molecule has 2 aromatic rings. The molecule has 27 heavy (non-hydrogen) atoms. The van der Waals surface area contributed by atoms with Gasteiger partial charge < -0.3 is 15.6 Å². The van der Waals surface area contributed by atoms with E-state index in [1.807, 2.05) is 61.5 Å². The number of hydrogen-bond acceptors (Lipinski definition) is 4. The zero-order chi connectivity index (χ0) is 19.0. The van der Waals surface area contributed by atoms with E-state index in [2.05, 4.69) is 11.8 Å². The Morgan fingerprint density at radius 1 is 1.19 bits per heavy atom. The van der Waals surface area contributed by atoms with Crippen molar-refractivity contribution in [3.05, 3.63) is 76.4 Å². The van der Waals surface area contributed by atoms with Crippen LogP contribution in [0.4, 0.5) is 0 Å². The second kappa shape index (κ2) is 6.79. The summed E-state index contributed by atoms with van der Waals surface area (Å²) in [7, 11) is 0. The number of nitrogens with two attached hydrogens (primary N) is 1. The minimum absolute atomic E-state index is 0.00671. The smallest absolute Gasteiger partial charge is 0.176 e. The van der Waals surface area contributed by atoms with Gasteiger partial charge in [-0.2, -0.15) is 0 Å². The van der Waals surface area contributed by atoms with E-state index < -0.39 is 11.5 Å². The zero-order valence-electron chi connectivity index (χ0n) is 15.1. The average Bonchev–Trinajstić information content (AvgIpc) is 2.65. The van der Waals surface area contributed by atoms with Crippen molar-refractivity contribution in [2.45, 2.75) is 24.5 Å². The molecule has 1 heterocycles. The second-order valence-corrected chi connectivity index (χ2v) is 7.19. The molecule has 2 aliphatic rings. The van der Waals surface area contributed by atoms with E-state index in [9.17, 15) is 9.90 Å². The first-order chi connectivity index (χ1) is 13.0. The van der Waals surface area contributed by atoms with Gasteiger partial charge in [0.05, 0.1) is 19.1 Å². The monoisotopic (exact) mass is 359 g/mol. The van der Waals surface area contributed by atoms with Crippen LogP contribution in [0.5, 0.6) is 0 Å². The predicted molar refractivity (Wildman–Crippen MR) is 104 cm³/mol. The molecule has 0 spiro atoms. The van der Waals surface area contributed by atoms with Gasteiger partial charge >= 0.3 is 0 Å². The van der Waals surface area contributed by atoms with Crippen molar-refractivity contribution >= 4 is 11.9 Å². The van der Waals surface area contributed by atoms with Crippen LogP contribution in [0.25, 0.3) is 6.08 Å². The summed E-state index contributed by atoms with van der Waals surface area (Å²) >= 11 is 0. The molecule has 1 aliphatic carbocycles. The van der Waals surface area contributed by atoms with Gasteiger partial charge in [0.25, 0.3) is 0 Å². The molecule has 0 radical (unpaired) electrons. The Hall–Kier alpha value is -2.71. The number of hydrogen-bond donors (Lipinski definition) is 2. The number of carbonyl (C=O) groups excluding carboxylic acids is 1. The van der Waals surface area contributed by atoms with Crippen molar-refractivity contribution in [1.29, 1.82) is 0 Å². The topological polar surface area (TPSA) is 72.6 Å². The van der Waals surface area contributed by atoms with Crippen LogP contribution in [0.15, 0.2) is 54.1 Å². The first-order valence-electron chi connectivity index (χ1n) is 9.01. The SMILES string of the molecule is CC(N)C1=Cc2cccc(C#CC3(O)COC3)c2C(=O)C1c1ccccc1. The van der Waals surface area contributed by atoms with E-state index >= 15 is 0 Å². The lowest BCUT2D eigenvalue weighted by Crippen LogP contribution is -2.48. The van der Waals surface area contributed by atoms with E-state index in [-0.39, 0.29) is 25.0 Å². The molecular weight excluding hydrogens is 338 g/mol. The molecule has 0 saturated carbocycles. The maximum atomic E-state index is 13.5. The van der Waals surface area contributed by atoms with E-state index in [1.54, 1.807) is 0 Å². The lowest BCUT2D eigenvalue weighted by atomic mass is 9.75. The highest BCUT2D eigenvalue weighted by molar-refractivity contribution is 6.10. The number of fused-ring (bicyclic) bond motifs is 1. The third kappa shape index (κ3) is 3.22. The van der Waals surface area contributed by atoms with Crippen LogP contribution >= 0.6 is 0 Å². The van der Waals surface area contributed by atoms with E-state index in [4.69, 9.17) is 10.5 Å². The first kappa shape index (κ1) is 17.7. The minimum atomic E-state index is -1.12. The fourth-order valence-electron chi connectivity index (χ4n) is 3.56. The van der Waals surface area contributed by atoms with Crippen LogP contribution in [0.1, 0.15) is 39.9 Å². The van der Waals surface area contributed by atoms with Crippen LogP contribution in [0.3, 0.4) is 0 Å². The van der Waals surface area contributed by atoms with Crippen LogP contribution < -0.4 is 5.73 Å². The van der Waals surface area contributed by atoms with Gasteiger partial charge in [-0.15, -0.1) is 0 Å². The number of benzene rings is 2. The minimum Gasteiger partial charge on any atom is -0.373 e.